The van der Waals surface area contributed by atoms with Gasteiger partial charge in [-0.25, -0.2) is 9.13 Å². The Labute approximate surface area is 617 Å². The lowest BCUT2D eigenvalue weighted by Crippen LogP contribution is -2.30. The predicted octanol–water partition coefficient (Wildman–Crippen LogP) is 22.7. The number of unbranched alkanes of at least 4 members (excludes halogenated alkanes) is 22. The molecule has 5 atom stereocenters. The SMILES string of the molecule is CC/C=C\C/C=C\C/C=C\C/C=C\C/C=C\CCCCCC(=O)OCC(COP(=O)(O)OCC(O)COP(=O)(O)OCC(COC(=O)CCCCCCC/C=C\C/C=C\CCC)OC(=O)CCCCCCC/C=C\C/C=C\CCC)OC(=O)CCCCCCCCC/C=C\C/C=C\C/C=C\CC. The second-order valence-electron chi connectivity index (χ2n) is 25.5. The number of hydrogen-bond acceptors (Lipinski definition) is 15. The molecule has 3 N–H and O–H groups in total. The summed E-state index contributed by atoms with van der Waals surface area (Å²) < 4.78 is 68.5. The van der Waals surface area contributed by atoms with Crippen molar-refractivity contribution in [3.05, 3.63) is 146 Å². The van der Waals surface area contributed by atoms with E-state index in [0.717, 1.165) is 218 Å². The number of esters is 4. The smallest absolute Gasteiger partial charge is 0.462 e. The van der Waals surface area contributed by atoms with Crippen molar-refractivity contribution in [3.63, 3.8) is 0 Å². The monoisotopic (exact) mass is 1470 g/mol. The van der Waals surface area contributed by atoms with Crippen molar-refractivity contribution in [2.24, 2.45) is 0 Å². The molecule has 0 rings (SSSR count). The summed E-state index contributed by atoms with van der Waals surface area (Å²) in [5.74, 6) is -2.26. The molecule has 0 heterocycles. The minimum atomic E-state index is -4.99. The molecule has 0 aromatic carbocycles. The molecule has 17 nitrogen and oxygen atoms in total. The van der Waals surface area contributed by atoms with Crippen LogP contribution < -0.4 is 0 Å². The summed E-state index contributed by atoms with van der Waals surface area (Å²) in [6, 6.07) is 0. The Bertz CT molecular complexity index is 2510. The van der Waals surface area contributed by atoms with E-state index in [-0.39, 0.29) is 25.7 Å². The molecule has 19 heteroatoms. The van der Waals surface area contributed by atoms with Crippen LogP contribution in [0.25, 0.3) is 0 Å². The minimum Gasteiger partial charge on any atom is -0.462 e. The highest BCUT2D eigenvalue weighted by Crippen LogP contribution is 2.45. The third-order valence-electron chi connectivity index (χ3n) is 15.7. The number of aliphatic hydroxyl groups is 1. The zero-order valence-electron chi connectivity index (χ0n) is 63.5. The number of phosphoric acid groups is 2. The highest BCUT2D eigenvalue weighted by Gasteiger charge is 2.30. The Hall–Kier alpha value is -5.06. The van der Waals surface area contributed by atoms with Gasteiger partial charge in [0, 0.05) is 25.7 Å². The molecule has 0 aliphatic heterocycles. The molecule has 0 fully saturated rings. The van der Waals surface area contributed by atoms with Crippen LogP contribution in [-0.2, 0) is 65.4 Å². The lowest BCUT2D eigenvalue weighted by Gasteiger charge is -2.21. The first-order valence-corrected chi connectivity index (χ1v) is 42.1. The first-order valence-electron chi connectivity index (χ1n) is 39.1. The highest BCUT2D eigenvalue weighted by atomic mass is 31.2. The predicted molar refractivity (Wildman–Crippen MR) is 417 cm³/mol. The van der Waals surface area contributed by atoms with Crippen molar-refractivity contribution in [2.75, 3.05) is 39.6 Å². The first-order chi connectivity index (χ1) is 49.7. The molecular weight excluding hydrogens is 1330 g/mol. The van der Waals surface area contributed by atoms with Crippen molar-refractivity contribution < 1.29 is 80.2 Å². The van der Waals surface area contributed by atoms with Gasteiger partial charge < -0.3 is 33.8 Å². The van der Waals surface area contributed by atoms with Crippen molar-refractivity contribution >= 4 is 39.5 Å². The van der Waals surface area contributed by atoms with Crippen LogP contribution >= 0.6 is 15.6 Å². The van der Waals surface area contributed by atoms with E-state index in [0.29, 0.717) is 25.7 Å². The molecule has 0 saturated heterocycles. The zero-order chi connectivity index (χ0) is 74.6. The van der Waals surface area contributed by atoms with Crippen molar-refractivity contribution in [1.29, 1.82) is 0 Å². The molecule has 0 spiro atoms. The van der Waals surface area contributed by atoms with E-state index in [4.69, 9.17) is 37.0 Å². The van der Waals surface area contributed by atoms with Crippen LogP contribution in [0.15, 0.2) is 146 Å². The van der Waals surface area contributed by atoms with Gasteiger partial charge in [-0.05, 0) is 154 Å². The zero-order valence-corrected chi connectivity index (χ0v) is 65.3. The van der Waals surface area contributed by atoms with Gasteiger partial charge in [0.25, 0.3) is 0 Å². The molecule has 5 unspecified atom stereocenters. The molecule has 0 bridgehead atoms. The van der Waals surface area contributed by atoms with Crippen LogP contribution in [0.3, 0.4) is 0 Å². The second kappa shape index (κ2) is 74.2. The molecule has 0 aliphatic carbocycles. The van der Waals surface area contributed by atoms with Crippen molar-refractivity contribution in [3.8, 4) is 0 Å². The fourth-order valence-electron chi connectivity index (χ4n) is 9.87. The van der Waals surface area contributed by atoms with Crippen molar-refractivity contribution in [1.82, 2.24) is 0 Å². The Morgan fingerprint density at radius 1 is 0.284 bits per heavy atom. The molecule has 0 amide bonds. The largest absolute Gasteiger partial charge is 0.472 e. The first kappa shape index (κ1) is 96.9. The molecule has 0 aliphatic rings. The van der Waals surface area contributed by atoms with Gasteiger partial charge in [0.15, 0.2) is 12.2 Å². The highest BCUT2D eigenvalue weighted by molar-refractivity contribution is 7.47. The number of ether oxygens (including phenoxy) is 4. The van der Waals surface area contributed by atoms with Crippen LogP contribution in [0.1, 0.15) is 297 Å². The van der Waals surface area contributed by atoms with Gasteiger partial charge in [0.05, 0.1) is 26.4 Å². The molecule has 582 valence electrons. The summed E-state index contributed by atoms with van der Waals surface area (Å²) >= 11 is 0. The Morgan fingerprint density at radius 3 is 0.794 bits per heavy atom. The van der Waals surface area contributed by atoms with Gasteiger partial charge in [-0.1, -0.05) is 263 Å². The van der Waals surface area contributed by atoms with Crippen LogP contribution in [0.5, 0.6) is 0 Å². The Kier molecular flexibility index (Phi) is 70.5. The van der Waals surface area contributed by atoms with E-state index in [1.165, 1.54) is 0 Å². The number of carbonyl (C=O) groups is 4. The number of aliphatic hydroxyl groups excluding tert-OH is 1. The molecule has 0 saturated carbocycles. The number of hydrogen-bond donors (Lipinski definition) is 3. The van der Waals surface area contributed by atoms with Gasteiger partial charge in [-0.15, -0.1) is 0 Å². The Balaban J connectivity index is 5.41. The molecular formula is C83H138O17P2. The van der Waals surface area contributed by atoms with Crippen LogP contribution in [-0.4, -0.2) is 96.7 Å². The summed E-state index contributed by atoms with van der Waals surface area (Å²) in [5, 5.41) is 10.6. The van der Waals surface area contributed by atoms with E-state index in [1.54, 1.807) is 0 Å². The normalized spacial score (nSPS) is 14.7. The summed E-state index contributed by atoms with van der Waals surface area (Å²) in [7, 11) is -9.98. The van der Waals surface area contributed by atoms with Gasteiger partial charge in [0.1, 0.15) is 19.3 Å². The lowest BCUT2D eigenvalue weighted by molar-refractivity contribution is -0.161. The van der Waals surface area contributed by atoms with E-state index in [1.807, 2.05) is 0 Å². The maximum atomic E-state index is 13.1. The quantitative estimate of drug-likeness (QED) is 0.0169. The summed E-state index contributed by atoms with van der Waals surface area (Å²) in [6.07, 6.45) is 84.0. The van der Waals surface area contributed by atoms with Gasteiger partial charge in [-0.2, -0.15) is 0 Å². The molecule has 0 radical (unpaired) electrons. The maximum absolute atomic E-state index is 13.1. The summed E-state index contributed by atoms with van der Waals surface area (Å²) in [5.41, 5.74) is 0. The maximum Gasteiger partial charge on any atom is 0.472 e. The molecule has 0 aromatic heterocycles. The minimum absolute atomic E-state index is 0.0711. The number of phosphoric ester groups is 2. The second-order valence-corrected chi connectivity index (χ2v) is 28.4. The van der Waals surface area contributed by atoms with Crippen LogP contribution in [0.2, 0.25) is 0 Å². The van der Waals surface area contributed by atoms with Gasteiger partial charge in [-0.3, -0.25) is 37.3 Å². The average Bonchev–Trinajstić information content (AvgIpc) is 0.923. The summed E-state index contributed by atoms with van der Waals surface area (Å²) in [4.78, 5) is 72.9. The van der Waals surface area contributed by atoms with E-state index < -0.39 is 97.5 Å². The fraction of sp³-hybridized carbons (Fsp3) is 0.663. The van der Waals surface area contributed by atoms with Gasteiger partial charge in [0.2, 0.25) is 0 Å². The van der Waals surface area contributed by atoms with E-state index in [2.05, 4.69) is 174 Å². The molecule has 102 heavy (non-hydrogen) atoms. The number of carbonyl (C=O) groups excluding carboxylic acids is 4. The van der Waals surface area contributed by atoms with Gasteiger partial charge >= 0.3 is 39.5 Å². The van der Waals surface area contributed by atoms with E-state index >= 15 is 0 Å². The number of rotatable bonds is 72. The lowest BCUT2D eigenvalue weighted by atomic mass is 10.1. The van der Waals surface area contributed by atoms with Crippen LogP contribution in [0, 0.1) is 0 Å². The van der Waals surface area contributed by atoms with E-state index in [9.17, 15) is 43.2 Å². The third-order valence-corrected chi connectivity index (χ3v) is 17.6. The van der Waals surface area contributed by atoms with Crippen molar-refractivity contribution in [2.45, 2.75) is 316 Å². The number of allylic oxidation sites excluding steroid dienone is 24. The summed E-state index contributed by atoms with van der Waals surface area (Å²) in [6.45, 7) is 4.43. The molecule has 0 aromatic rings. The fourth-order valence-corrected chi connectivity index (χ4v) is 11.4. The van der Waals surface area contributed by atoms with Crippen LogP contribution in [0.4, 0.5) is 0 Å². The Morgan fingerprint density at radius 2 is 0.510 bits per heavy atom. The third kappa shape index (κ3) is 73.3. The standard InChI is InChI=1S/C83H138O17P2/c1-5-9-13-17-21-25-29-33-35-37-38-40-41-45-48-52-56-60-64-68-81(86)94-74-79(100-83(88)70-66-62-58-54-50-46-42-39-36-34-30-26-22-18-14-10-6-2)76-98-102(91,92)96-72-77(84)71-95-101(89,90)97-75-78(99-82(87)69-65-61-57-53-49-44-32-28-24-20-16-12-8-4)73-93-80(85)67-63-59-55-51-47-43-31-27-23-19-15-11-7-3/h9-10,13-16,19-22,25-28,31-36,38,40,45,48,77-79,84H,5-8,11-12,17-18,23-24,29-30,37,39,41-44,46-47,49-76H2,1-4H3,(H,89,90)(H,91,92)/b13-9-,14-10-,19-15-,20-16-,25-21-,26-22-,31-27-,32-28-,35-33-,36-34-,40-38-,48-45-. The topological polar surface area (TPSA) is 237 Å². The average molecular weight is 1470 g/mol.